The van der Waals surface area contributed by atoms with Crippen molar-refractivity contribution >= 4 is 18.3 Å². The number of nitrogens with zero attached hydrogens (tertiary/aromatic N) is 1. The van der Waals surface area contributed by atoms with Gasteiger partial charge in [-0.3, -0.25) is 15.6 Å². The minimum absolute atomic E-state index is 0. The van der Waals surface area contributed by atoms with Gasteiger partial charge in [-0.05, 0) is 50.8 Å². The van der Waals surface area contributed by atoms with E-state index in [2.05, 4.69) is 46.5 Å². The van der Waals surface area contributed by atoms with Crippen molar-refractivity contribution < 1.29 is 9.53 Å². The van der Waals surface area contributed by atoms with Crippen LogP contribution in [-0.2, 0) is 9.53 Å². The van der Waals surface area contributed by atoms with Gasteiger partial charge in [0.05, 0.1) is 12.0 Å². The zero-order chi connectivity index (χ0) is 20.5. The van der Waals surface area contributed by atoms with E-state index < -0.39 is 0 Å². The van der Waals surface area contributed by atoms with Crippen molar-refractivity contribution in [3.8, 4) is 0 Å². The fourth-order valence-electron chi connectivity index (χ4n) is 4.74. The molecule has 1 aromatic rings. The van der Waals surface area contributed by atoms with E-state index >= 15 is 0 Å². The Labute approximate surface area is 187 Å². The summed E-state index contributed by atoms with van der Waals surface area (Å²) in [4.78, 5) is 15.0. The smallest absolute Gasteiger partial charge is 0.230 e. The number of carbonyl (C=O) groups is 1. The van der Waals surface area contributed by atoms with Gasteiger partial charge in [-0.1, -0.05) is 43.2 Å². The molecule has 3 rings (SSSR count). The predicted molar refractivity (Wildman–Crippen MR) is 124 cm³/mol. The number of piperidine rings is 1. The van der Waals surface area contributed by atoms with Crippen LogP contribution in [0, 0.1) is 5.41 Å². The number of hydrazine groups is 1. The third-order valence-corrected chi connectivity index (χ3v) is 6.51. The van der Waals surface area contributed by atoms with Gasteiger partial charge in [-0.15, -0.1) is 12.4 Å². The van der Waals surface area contributed by atoms with Gasteiger partial charge in [0, 0.05) is 32.8 Å². The van der Waals surface area contributed by atoms with E-state index in [4.69, 9.17) is 4.74 Å². The number of ether oxygens (including phenoxy) is 1. The Morgan fingerprint density at radius 2 is 1.87 bits per heavy atom. The second-order valence-corrected chi connectivity index (χ2v) is 8.72. The summed E-state index contributed by atoms with van der Waals surface area (Å²) in [5, 5.41) is 3.35. The highest BCUT2D eigenvalue weighted by Crippen LogP contribution is 2.31. The molecule has 2 fully saturated rings. The van der Waals surface area contributed by atoms with Gasteiger partial charge in [0.2, 0.25) is 5.91 Å². The number of hydrogen-bond donors (Lipinski definition) is 3. The van der Waals surface area contributed by atoms with Crippen LogP contribution in [0.2, 0.25) is 0 Å². The Hall–Kier alpha value is -1.18. The minimum Gasteiger partial charge on any atom is -0.384 e. The van der Waals surface area contributed by atoms with Crippen molar-refractivity contribution in [2.75, 3.05) is 40.4 Å². The van der Waals surface area contributed by atoms with Crippen molar-refractivity contribution in [3.05, 3.63) is 35.9 Å². The van der Waals surface area contributed by atoms with E-state index in [1.54, 1.807) is 7.11 Å². The van der Waals surface area contributed by atoms with Crippen LogP contribution in [0.4, 0.5) is 0 Å². The van der Waals surface area contributed by atoms with Gasteiger partial charge in [-0.25, -0.2) is 0 Å². The van der Waals surface area contributed by atoms with Crippen LogP contribution < -0.4 is 16.2 Å². The van der Waals surface area contributed by atoms with Crippen LogP contribution in [0.5, 0.6) is 0 Å². The number of amides is 1. The van der Waals surface area contributed by atoms with Gasteiger partial charge < -0.3 is 15.0 Å². The van der Waals surface area contributed by atoms with Crippen LogP contribution in [0.1, 0.15) is 56.6 Å². The van der Waals surface area contributed by atoms with E-state index in [1.807, 2.05) is 11.9 Å². The highest BCUT2D eigenvalue weighted by Gasteiger charge is 2.41. The molecule has 0 aromatic heterocycles. The first kappa shape index (κ1) is 25.1. The number of hydrogen-bond acceptors (Lipinski definition) is 5. The Kier molecular flexibility index (Phi) is 10.6. The molecule has 1 aromatic carbocycles. The molecule has 7 heteroatoms. The summed E-state index contributed by atoms with van der Waals surface area (Å²) in [7, 11) is 3.65. The Morgan fingerprint density at radius 3 is 2.57 bits per heavy atom. The number of nitrogens with one attached hydrogen (secondary N) is 3. The summed E-state index contributed by atoms with van der Waals surface area (Å²) >= 11 is 0. The molecule has 0 radical (unpaired) electrons. The molecule has 0 bridgehead atoms. The summed E-state index contributed by atoms with van der Waals surface area (Å²) in [6.07, 6.45) is 7.45. The molecule has 2 saturated heterocycles. The maximum absolute atomic E-state index is 13.1. The molecule has 2 heterocycles. The molecule has 0 spiro atoms. The maximum Gasteiger partial charge on any atom is 0.230 e. The Bertz CT molecular complexity index is 619. The van der Waals surface area contributed by atoms with Crippen molar-refractivity contribution in [3.63, 3.8) is 0 Å². The molecular formula is C23H39ClN4O2. The topological polar surface area (TPSA) is 65.6 Å². The summed E-state index contributed by atoms with van der Waals surface area (Å²) in [5.74, 6) is 0.258. The lowest BCUT2D eigenvalue weighted by Crippen LogP contribution is -2.50. The van der Waals surface area contributed by atoms with E-state index in [9.17, 15) is 4.79 Å². The normalized spacial score (nSPS) is 23.0. The molecule has 170 valence electrons. The van der Waals surface area contributed by atoms with Crippen molar-refractivity contribution in [2.45, 2.75) is 57.0 Å². The lowest BCUT2D eigenvalue weighted by atomic mass is 9.78. The first-order valence-electron chi connectivity index (χ1n) is 11.2. The summed E-state index contributed by atoms with van der Waals surface area (Å²) in [5.41, 5.74) is 7.90. The van der Waals surface area contributed by atoms with E-state index in [0.29, 0.717) is 18.7 Å². The molecule has 0 aliphatic carbocycles. The van der Waals surface area contributed by atoms with Crippen molar-refractivity contribution in [2.24, 2.45) is 5.41 Å². The molecule has 30 heavy (non-hydrogen) atoms. The van der Waals surface area contributed by atoms with Crippen LogP contribution in [0.25, 0.3) is 0 Å². The van der Waals surface area contributed by atoms with Gasteiger partial charge in [0.15, 0.2) is 0 Å². The SMILES string of the molecule is COCC1(C(=O)N(C)CCCCCC2CC(c3ccccc3)NN2)CCNCC1.Cl. The largest absolute Gasteiger partial charge is 0.384 e. The minimum atomic E-state index is -0.333. The molecule has 0 saturated carbocycles. The van der Waals surface area contributed by atoms with Crippen LogP contribution >= 0.6 is 12.4 Å². The summed E-state index contributed by atoms with van der Waals surface area (Å²) < 4.78 is 5.41. The number of benzene rings is 1. The highest BCUT2D eigenvalue weighted by molar-refractivity contribution is 5.85. The molecule has 2 unspecified atom stereocenters. The van der Waals surface area contributed by atoms with Gasteiger partial charge >= 0.3 is 0 Å². The highest BCUT2D eigenvalue weighted by atomic mass is 35.5. The van der Waals surface area contributed by atoms with Crippen molar-refractivity contribution in [1.29, 1.82) is 0 Å². The predicted octanol–water partition coefficient (Wildman–Crippen LogP) is 3.05. The number of methoxy groups -OCH3 is 1. The van der Waals surface area contributed by atoms with Crippen LogP contribution in [0.15, 0.2) is 30.3 Å². The van der Waals surface area contributed by atoms with Crippen LogP contribution in [0.3, 0.4) is 0 Å². The van der Waals surface area contributed by atoms with E-state index in [1.165, 1.54) is 18.4 Å². The number of rotatable bonds is 10. The quantitative estimate of drug-likeness (QED) is 0.490. The third kappa shape index (κ3) is 6.66. The third-order valence-electron chi connectivity index (χ3n) is 6.51. The van der Waals surface area contributed by atoms with Crippen molar-refractivity contribution in [1.82, 2.24) is 21.1 Å². The molecule has 2 atom stereocenters. The first-order valence-corrected chi connectivity index (χ1v) is 11.2. The average Bonchev–Trinajstić information content (AvgIpc) is 3.23. The number of unbranched alkanes of at least 4 members (excludes halogenated alkanes) is 2. The zero-order valence-corrected chi connectivity index (χ0v) is 19.3. The first-order chi connectivity index (χ1) is 14.1. The standard InChI is InChI=1S/C23H38N4O2.ClH/c1-27(22(28)23(18-29-2)12-14-24-15-13-23)16-8-4-7-11-20-17-21(26-25-20)19-9-5-3-6-10-19;/h3,5-6,9-10,20-21,24-26H,4,7-8,11-18H2,1-2H3;1H. The van der Waals surface area contributed by atoms with E-state index in [-0.39, 0.29) is 23.7 Å². The molecule has 6 nitrogen and oxygen atoms in total. The monoisotopic (exact) mass is 438 g/mol. The molecule has 2 aliphatic heterocycles. The van der Waals surface area contributed by atoms with Gasteiger partial charge in [-0.2, -0.15) is 0 Å². The zero-order valence-electron chi connectivity index (χ0n) is 18.5. The molecular weight excluding hydrogens is 400 g/mol. The Morgan fingerprint density at radius 1 is 1.13 bits per heavy atom. The second-order valence-electron chi connectivity index (χ2n) is 8.72. The van der Waals surface area contributed by atoms with Gasteiger partial charge in [0.1, 0.15) is 0 Å². The number of carbonyl (C=O) groups excluding carboxylic acids is 1. The van der Waals surface area contributed by atoms with Gasteiger partial charge in [0.25, 0.3) is 0 Å². The molecule has 2 aliphatic rings. The van der Waals surface area contributed by atoms with E-state index in [0.717, 1.165) is 51.7 Å². The average molecular weight is 439 g/mol. The van der Waals surface area contributed by atoms with Crippen LogP contribution in [-0.4, -0.2) is 57.2 Å². The second kappa shape index (κ2) is 12.6. The molecule has 3 N–H and O–H groups in total. The Balaban J connectivity index is 0.00000320. The fourth-order valence-corrected chi connectivity index (χ4v) is 4.74. The summed E-state index contributed by atoms with van der Waals surface area (Å²) in [6.45, 7) is 3.16. The lowest BCUT2D eigenvalue weighted by Gasteiger charge is -2.38. The maximum atomic E-state index is 13.1. The summed E-state index contributed by atoms with van der Waals surface area (Å²) in [6, 6.07) is 11.6. The molecule has 1 amide bonds. The number of halogens is 1. The fraction of sp³-hybridized carbons (Fsp3) is 0.696. The lowest BCUT2D eigenvalue weighted by molar-refractivity contribution is -0.146.